The molecule has 0 aliphatic heterocycles. The molecular weight excluding hydrogens is 242 g/mol. The van der Waals surface area contributed by atoms with E-state index in [2.05, 4.69) is 11.1 Å². The van der Waals surface area contributed by atoms with Crippen molar-refractivity contribution in [3.8, 4) is 6.07 Å². The Bertz CT molecular complexity index is 536. The number of thioether (sulfide) groups is 1. The molecule has 1 aromatic carbocycles. The van der Waals surface area contributed by atoms with E-state index >= 15 is 0 Å². The summed E-state index contributed by atoms with van der Waals surface area (Å²) < 4.78 is 0. The smallest absolute Gasteiger partial charge is 0.139 e. The highest BCUT2D eigenvalue weighted by molar-refractivity contribution is 7.99. The Balaban J connectivity index is 2.13. The van der Waals surface area contributed by atoms with Gasteiger partial charge in [0.05, 0.1) is 11.1 Å². The average molecular weight is 255 g/mol. The minimum absolute atomic E-state index is 0.477. The van der Waals surface area contributed by atoms with Crippen LogP contribution < -0.4 is 5.73 Å². The van der Waals surface area contributed by atoms with Crippen molar-refractivity contribution in [2.75, 3.05) is 5.75 Å². The van der Waals surface area contributed by atoms with Crippen LogP contribution >= 0.6 is 11.8 Å². The SMILES string of the molecule is N#CC(N)(CSc1ccccn1)c1ccccc1. The van der Waals surface area contributed by atoms with Crippen molar-refractivity contribution >= 4 is 11.8 Å². The van der Waals surface area contributed by atoms with E-state index in [1.807, 2.05) is 48.5 Å². The van der Waals surface area contributed by atoms with Gasteiger partial charge in [-0.2, -0.15) is 5.26 Å². The van der Waals surface area contributed by atoms with Crippen molar-refractivity contribution in [3.05, 3.63) is 60.3 Å². The van der Waals surface area contributed by atoms with Crippen molar-refractivity contribution < 1.29 is 0 Å². The maximum atomic E-state index is 9.31. The van der Waals surface area contributed by atoms with Gasteiger partial charge >= 0.3 is 0 Å². The molecule has 0 saturated heterocycles. The molecule has 1 aromatic heterocycles. The maximum Gasteiger partial charge on any atom is 0.139 e. The number of nitriles is 1. The molecule has 3 nitrogen and oxygen atoms in total. The monoisotopic (exact) mass is 255 g/mol. The average Bonchev–Trinajstić information content (AvgIpc) is 2.47. The zero-order valence-electron chi connectivity index (χ0n) is 9.78. The molecule has 1 heterocycles. The summed E-state index contributed by atoms with van der Waals surface area (Å²) in [6.07, 6.45) is 1.73. The highest BCUT2D eigenvalue weighted by Crippen LogP contribution is 2.26. The van der Waals surface area contributed by atoms with E-state index in [-0.39, 0.29) is 0 Å². The van der Waals surface area contributed by atoms with Gasteiger partial charge in [-0.15, -0.1) is 11.8 Å². The van der Waals surface area contributed by atoms with Gasteiger partial charge in [-0.3, -0.25) is 0 Å². The first kappa shape index (κ1) is 12.6. The van der Waals surface area contributed by atoms with Crippen LogP contribution in [0.1, 0.15) is 5.56 Å². The topological polar surface area (TPSA) is 62.7 Å². The molecular formula is C14H13N3S. The van der Waals surface area contributed by atoms with Crippen LogP contribution in [0.15, 0.2) is 59.8 Å². The second kappa shape index (κ2) is 5.67. The lowest BCUT2D eigenvalue weighted by molar-refractivity contribution is 0.658. The fourth-order valence-corrected chi connectivity index (χ4v) is 2.45. The minimum atomic E-state index is -0.983. The number of hydrogen-bond donors (Lipinski definition) is 1. The molecule has 2 rings (SSSR count). The summed E-state index contributed by atoms with van der Waals surface area (Å²) >= 11 is 1.49. The van der Waals surface area contributed by atoms with Crippen molar-refractivity contribution in [2.24, 2.45) is 5.73 Å². The predicted molar refractivity (Wildman–Crippen MR) is 72.9 cm³/mol. The van der Waals surface area contributed by atoms with Gasteiger partial charge in [0.25, 0.3) is 0 Å². The van der Waals surface area contributed by atoms with Crippen LogP contribution in [0.2, 0.25) is 0 Å². The summed E-state index contributed by atoms with van der Waals surface area (Å²) in [7, 11) is 0. The fourth-order valence-electron chi connectivity index (χ4n) is 1.54. The van der Waals surface area contributed by atoms with Crippen LogP contribution in [0.5, 0.6) is 0 Å². The highest BCUT2D eigenvalue weighted by Gasteiger charge is 2.27. The van der Waals surface area contributed by atoms with Crippen LogP contribution in [0.25, 0.3) is 0 Å². The lowest BCUT2D eigenvalue weighted by Gasteiger charge is -2.21. The van der Waals surface area contributed by atoms with Crippen LogP contribution in [0.3, 0.4) is 0 Å². The molecule has 1 unspecified atom stereocenters. The van der Waals surface area contributed by atoms with Crippen molar-refractivity contribution in [1.82, 2.24) is 4.98 Å². The number of hydrogen-bond acceptors (Lipinski definition) is 4. The fraction of sp³-hybridized carbons (Fsp3) is 0.143. The van der Waals surface area contributed by atoms with E-state index in [4.69, 9.17) is 5.73 Å². The lowest BCUT2D eigenvalue weighted by Crippen LogP contribution is -2.37. The number of pyridine rings is 1. The molecule has 0 aliphatic rings. The standard InChI is InChI=1S/C14H13N3S/c15-10-14(16,12-6-2-1-3-7-12)11-18-13-8-4-5-9-17-13/h1-9H,11,16H2. The number of aromatic nitrogens is 1. The Hall–Kier alpha value is -1.83. The van der Waals surface area contributed by atoms with E-state index in [1.54, 1.807) is 6.20 Å². The summed E-state index contributed by atoms with van der Waals surface area (Å²) in [5, 5.41) is 10.2. The summed E-state index contributed by atoms with van der Waals surface area (Å²) in [6.45, 7) is 0. The second-order valence-corrected chi connectivity index (χ2v) is 4.90. The van der Waals surface area contributed by atoms with E-state index in [0.717, 1.165) is 10.6 Å². The van der Waals surface area contributed by atoms with Crippen LogP contribution in [-0.4, -0.2) is 10.7 Å². The Morgan fingerprint density at radius 1 is 1.17 bits per heavy atom. The van der Waals surface area contributed by atoms with E-state index in [1.165, 1.54) is 11.8 Å². The predicted octanol–water partition coefficient (Wildman–Crippen LogP) is 2.55. The third kappa shape index (κ3) is 2.89. The number of rotatable bonds is 4. The zero-order valence-corrected chi connectivity index (χ0v) is 10.6. The number of nitrogens with two attached hydrogens (primary N) is 1. The third-order valence-corrected chi connectivity index (χ3v) is 3.71. The molecule has 90 valence electrons. The lowest BCUT2D eigenvalue weighted by atomic mass is 9.95. The molecule has 0 saturated carbocycles. The molecule has 0 radical (unpaired) electrons. The van der Waals surface area contributed by atoms with Gasteiger partial charge < -0.3 is 5.73 Å². The first-order chi connectivity index (χ1) is 8.74. The second-order valence-electron chi connectivity index (χ2n) is 3.91. The third-order valence-electron chi connectivity index (χ3n) is 2.57. The molecule has 0 spiro atoms. The zero-order chi connectivity index (χ0) is 12.8. The largest absolute Gasteiger partial charge is 0.309 e. The van der Waals surface area contributed by atoms with Gasteiger partial charge in [-0.25, -0.2) is 4.98 Å². The number of benzene rings is 1. The van der Waals surface area contributed by atoms with Gasteiger partial charge in [0.15, 0.2) is 0 Å². The Labute approximate surface area is 111 Å². The molecule has 2 aromatic rings. The molecule has 0 amide bonds. The minimum Gasteiger partial charge on any atom is -0.309 e. The quantitative estimate of drug-likeness (QED) is 0.853. The van der Waals surface area contributed by atoms with Gasteiger partial charge in [0, 0.05) is 11.9 Å². The summed E-state index contributed by atoms with van der Waals surface area (Å²) in [5.41, 5.74) is 6.00. The van der Waals surface area contributed by atoms with Crippen molar-refractivity contribution in [3.63, 3.8) is 0 Å². The van der Waals surface area contributed by atoms with Gasteiger partial charge in [0.2, 0.25) is 0 Å². The highest BCUT2D eigenvalue weighted by atomic mass is 32.2. The molecule has 18 heavy (non-hydrogen) atoms. The van der Waals surface area contributed by atoms with Gasteiger partial charge in [-0.1, -0.05) is 36.4 Å². The van der Waals surface area contributed by atoms with E-state index in [0.29, 0.717) is 5.75 Å². The Kier molecular flexibility index (Phi) is 3.98. The van der Waals surface area contributed by atoms with Crippen LogP contribution in [0, 0.1) is 11.3 Å². The summed E-state index contributed by atoms with van der Waals surface area (Å²) in [4.78, 5) is 4.21. The molecule has 0 fully saturated rings. The molecule has 2 N–H and O–H groups in total. The Morgan fingerprint density at radius 2 is 1.89 bits per heavy atom. The summed E-state index contributed by atoms with van der Waals surface area (Å²) in [5.74, 6) is 0.477. The summed E-state index contributed by atoms with van der Waals surface area (Å²) in [6, 6.07) is 17.3. The van der Waals surface area contributed by atoms with E-state index < -0.39 is 5.54 Å². The van der Waals surface area contributed by atoms with Gasteiger partial charge in [-0.05, 0) is 17.7 Å². The first-order valence-corrected chi connectivity index (χ1v) is 6.53. The van der Waals surface area contributed by atoms with Crippen LogP contribution in [0.4, 0.5) is 0 Å². The number of nitrogens with zero attached hydrogens (tertiary/aromatic N) is 2. The maximum absolute atomic E-state index is 9.31. The Morgan fingerprint density at radius 3 is 2.50 bits per heavy atom. The molecule has 0 aliphatic carbocycles. The first-order valence-electron chi connectivity index (χ1n) is 5.54. The molecule has 4 heteroatoms. The normalized spacial score (nSPS) is 13.6. The molecule has 0 bridgehead atoms. The molecule has 1 atom stereocenters. The van der Waals surface area contributed by atoms with E-state index in [9.17, 15) is 5.26 Å². The van der Waals surface area contributed by atoms with Crippen LogP contribution in [-0.2, 0) is 5.54 Å². The van der Waals surface area contributed by atoms with Crippen molar-refractivity contribution in [1.29, 1.82) is 5.26 Å². The van der Waals surface area contributed by atoms with Crippen molar-refractivity contribution in [2.45, 2.75) is 10.6 Å². The van der Waals surface area contributed by atoms with Gasteiger partial charge in [0.1, 0.15) is 5.54 Å².